The Morgan fingerprint density at radius 2 is 1.98 bits per heavy atom. The number of carboxylic acid groups (broad SMARTS) is 1. The maximum Gasteiger partial charge on any atom is 0.335 e. The van der Waals surface area contributed by atoms with Crippen LogP contribution in [0.3, 0.4) is 0 Å². The molecule has 0 bridgehead atoms. The quantitative estimate of drug-likeness (QED) is 0.266. The average molecular weight is 571 g/mol. The lowest BCUT2D eigenvalue weighted by Gasteiger charge is -2.31. The third-order valence-electron chi connectivity index (χ3n) is 8.76. The van der Waals surface area contributed by atoms with Crippen LogP contribution in [0.5, 0.6) is 5.75 Å². The summed E-state index contributed by atoms with van der Waals surface area (Å²) in [5, 5.41) is 10.8. The molecule has 2 atom stereocenters. The molecule has 2 aromatic carbocycles. The fraction of sp³-hybridized carbons (Fsp3) is 0.412. The first-order valence-corrected chi connectivity index (χ1v) is 14.9. The van der Waals surface area contributed by atoms with Crippen molar-refractivity contribution >= 4 is 16.9 Å². The fourth-order valence-corrected chi connectivity index (χ4v) is 6.58. The molecule has 2 aliphatic rings. The Morgan fingerprint density at radius 3 is 2.74 bits per heavy atom. The molecule has 7 nitrogen and oxygen atoms in total. The van der Waals surface area contributed by atoms with Gasteiger partial charge in [0.1, 0.15) is 18.5 Å². The lowest BCUT2D eigenvalue weighted by Crippen LogP contribution is -2.35. The second-order valence-corrected chi connectivity index (χ2v) is 11.9. The summed E-state index contributed by atoms with van der Waals surface area (Å²) in [6.45, 7) is 4.48. The number of likely N-dealkylation sites (N-methyl/N-ethyl adjacent to an activating group) is 1. The molecule has 4 aromatic rings. The van der Waals surface area contributed by atoms with Gasteiger partial charge in [0.15, 0.2) is 0 Å². The molecule has 3 heterocycles. The molecule has 6 rings (SSSR count). The number of ether oxygens (including phenoxy) is 1. The lowest BCUT2D eigenvalue weighted by atomic mass is 9.80. The van der Waals surface area contributed by atoms with Crippen molar-refractivity contribution in [2.24, 2.45) is 0 Å². The number of alkyl halides is 1. The van der Waals surface area contributed by atoms with E-state index in [1.54, 1.807) is 18.3 Å². The molecule has 2 aromatic heterocycles. The molecule has 42 heavy (non-hydrogen) atoms. The highest BCUT2D eigenvalue weighted by Gasteiger charge is 2.34. The Kier molecular flexibility index (Phi) is 8.27. The number of hydrogen-bond donors (Lipinski definition) is 1. The van der Waals surface area contributed by atoms with Crippen LogP contribution in [0.4, 0.5) is 4.39 Å². The van der Waals surface area contributed by atoms with E-state index in [0.29, 0.717) is 19.6 Å². The summed E-state index contributed by atoms with van der Waals surface area (Å²) in [7, 11) is 4.16. The Hall–Kier alpha value is -3.75. The van der Waals surface area contributed by atoms with Gasteiger partial charge in [0.25, 0.3) is 0 Å². The number of rotatable bonds is 8. The topological polar surface area (TPSA) is 70.8 Å². The summed E-state index contributed by atoms with van der Waals surface area (Å²) in [4.78, 5) is 20.8. The molecule has 1 saturated carbocycles. The van der Waals surface area contributed by atoms with E-state index in [1.165, 1.54) is 0 Å². The van der Waals surface area contributed by atoms with Gasteiger partial charge in [-0.1, -0.05) is 25.0 Å². The van der Waals surface area contributed by atoms with Crippen molar-refractivity contribution in [3.05, 3.63) is 83.2 Å². The van der Waals surface area contributed by atoms with Crippen LogP contribution in [0.1, 0.15) is 58.6 Å². The van der Waals surface area contributed by atoms with Gasteiger partial charge in [-0.25, -0.2) is 9.18 Å². The maximum absolute atomic E-state index is 15.7. The van der Waals surface area contributed by atoms with Crippen LogP contribution < -0.4 is 4.74 Å². The Bertz CT molecular complexity index is 1570. The van der Waals surface area contributed by atoms with Gasteiger partial charge in [-0.3, -0.25) is 9.88 Å². The monoisotopic (exact) mass is 570 g/mol. The first-order valence-electron chi connectivity index (χ1n) is 14.9. The van der Waals surface area contributed by atoms with Crippen LogP contribution >= 0.6 is 0 Å². The molecule has 1 N–H and O–H groups in total. The zero-order chi connectivity index (χ0) is 29.2. The number of carbonyl (C=O) groups is 1. The van der Waals surface area contributed by atoms with Gasteiger partial charge in [0.2, 0.25) is 0 Å². The van der Waals surface area contributed by atoms with Gasteiger partial charge in [-0.15, -0.1) is 0 Å². The van der Waals surface area contributed by atoms with Gasteiger partial charge in [-0.2, -0.15) is 0 Å². The second kappa shape index (κ2) is 12.2. The molecule has 0 saturated heterocycles. The van der Waals surface area contributed by atoms with E-state index < -0.39 is 12.1 Å². The summed E-state index contributed by atoms with van der Waals surface area (Å²) in [6.07, 6.45) is 5.91. The predicted octanol–water partition coefficient (Wildman–Crippen LogP) is 6.35. The van der Waals surface area contributed by atoms with Crippen molar-refractivity contribution in [2.45, 2.75) is 57.5 Å². The van der Waals surface area contributed by atoms with Gasteiger partial charge < -0.3 is 19.3 Å². The molecule has 0 amide bonds. The highest BCUT2D eigenvalue weighted by atomic mass is 19.1. The van der Waals surface area contributed by atoms with E-state index >= 15 is 4.39 Å². The third kappa shape index (κ3) is 5.78. The first kappa shape index (κ1) is 28.4. The number of halogens is 1. The average Bonchev–Trinajstić information content (AvgIpc) is 3.29. The van der Waals surface area contributed by atoms with Crippen LogP contribution in [0.15, 0.2) is 60.9 Å². The third-order valence-corrected chi connectivity index (χ3v) is 8.76. The molecular formula is C34H39FN4O3. The van der Waals surface area contributed by atoms with Crippen molar-refractivity contribution < 1.29 is 19.0 Å². The molecule has 1 aliphatic carbocycles. The van der Waals surface area contributed by atoms with Crippen LogP contribution in [-0.2, 0) is 19.7 Å². The van der Waals surface area contributed by atoms with E-state index in [4.69, 9.17) is 4.74 Å². The summed E-state index contributed by atoms with van der Waals surface area (Å²) >= 11 is 0. The van der Waals surface area contributed by atoms with Gasteiger partial charge in [0, 0.05) is 73.1 Å². The van der Waals surface area contributed by atoms with Gasteiger partial charge in [0.05, 0.1) is 11.3 Å². The minimum absolute atomic E-state index is 0.216. The number of aromatic nitrogens is 2. The van der Waals surface area contributed by atoms with E-state index in [2.05, 4.69) is 45.6 Å². The number of pyridine rings is 1. The highest BCUT2D eigenvalue weighted by Crippen LogP contribution is 2.47. The van der Waals surface area contributed by atoms with Crippen LogP contribution in [0.25, 0.3) is 22.2 Å². The minimum Gasteiger partial charge on any atom is -0.489 e. The van der Waals surface area contributed by atoms with Crippen LogP contribution in [-0.4, -0.2) is 70.3 Å². The maximum atomic E-state index is 15.7. The first-order chi connectivity index (χ1) is 20.4. The van der Waals surface area contributed by atoms with E-state index in [-0.39, 0.29) is 11.5 Å². The molecule has 220 valence electrons. The molecule has 8 heteroatoms. The number of aromatic carboxylic acids is 1. The molecule has 0 radical (unpaired) electrons. The largest absolute Gasteiger partial charge is 0.489 e. The Labute approximate surface area is 246 Å². The van der Waals surface area contributed by atoms with E-state index in [1.807, 2.05) is 30.5 Å². The van der Waals surface area contributed by atoms with Crippen molar-refractivity contribution in [1.82, 2.24) is 19.4 Å². The SMILES string of the molecule is CN(C)CCN1CCn2c(c([C@H]3CCCC[C@@H]3F)c3ccc(C(=O)O)cc32)-c2ccc(OCc3cccnc3)cc2C1. The fourth-order valence-electron chi connectivity index (χ4n) is 6.58. The molecule has 0 unspecified atom stereocenters. The van der Waals surface area contributed by atoms with Crippen molar-refractivity contribution in [3.63, 3.8) is 0 Å². The van der Waals surface area contributed by atoms with Crippen molar-refractivity contribution in [3.8, 4) is 17.0 Å². The highest BCUT2D eigenvalue weighted by molar-refractivity contribution is 5.98. The Balaban J connectivity index is 1.50. The summed E-state index contributed by atoms with van der Waals surface area (Å²) in [5.41, 5.74) is 6.38. The summed E-state index contributed by atoms with van der Waals surface area (Å²) in [5.74, 6) is -0.389. The van der Waals surface area contributed by atoms with Crippen LogP contribution in [0, 0.1) is 0 Å². The number of nitrogens with zero attached hydrogens (tertiary/aromatic N) is 4. The smallest absolute Gasteiger partial charge is 0.335 e. The van der Waals surface area contributed by atoms with Crippen molar-refractivity contribution in [1.29, 1.82) is 0 Å². The van der Waals surface area contributed by atoms with Crippen molar-refractivity contribution in [2.75, 3.05) is 33.7 Å². The van der Waals surface area contributed by atoms with E-state index in [0.717, 1.165) is 90.0 Å². The molecule has 1 aliphatic heterocycles. The van der Waals surface area contributed by atoms with Gasteiger partial charge >= 0.3 is 5.97 Å². The number of benzene rings is 2. The van der Waals surface area contributed by atoms with Gasteiger partial charge in [-0.05, 0) is 74.5 Å². The summed E-state index contributed by atoms with van der Waals surface area (Å²) in [6, 6.07) is 15.5. The summed E-state index contributed by atoms with van der Waals surface area (Å²) < 4.78 is 24.2. The lowest BCUT2D eigenvalue weighted by molar-refractivity contribution is 0.0697. The predicted molar refractivity (Wildman–Crippen MR) is 163 cm³/mol. The number of hydrogen-bond acceptors (Lipinski definition) is 5. The number of carboxylic acids is 1. The minimum atomic E-state index is -0.954. The number of fused-ring (bicyclic) bond motifs is 5. The molecule has 1 fully saturated rings. The second-order valence-electron chi connectivity index (χ2n) is 11.9. The van der Waals surface area contributed by atoms with E-state index in [9.17, 15) is 9.90 Å². The van der Waals surface area contributed by atoms with Crippen LogP contribution in [0.2, 0.25) is 0 Å². The Morgan fingerprint density at radius 1 is 1.12 bits per heavy atom. The molecule has 0 spiro atoms. The standard InChI is InChI=1S/C34H39FN4O3/c1-37(2)14-15-38-16-17-39-31-19-24(34(40)41)9-11-29(31)32(28-7-3-4-8-30(28)35)33(39)27-12-10-26(18-25(27)21-38)42-22-23-6-5-13-36-20-23/h5-6,9-13,18-20,28,30H,3-4,7-8,14-17,21-22H2,1-2H3,(H,40,41)/t28-,30-/m0/s1. The normalized spacial score (nSPS) is 19.2. The zero-order valence-corrected chi connectivity index (χ0v) is 24.4. The molecular weight excluding hydrogens is 531 g/mol. The zero-order valence-electron chi connectivity index (χ0n) is 24.4.